The number of nitrogens with one attached hydrogen (secondary N) is 1. The number of hydrogen-bond acceptors (Lipinski definition) is 5. The summed E-state index contributed by atoms with van der Waals surface area (Å²) in [5, 5.41) is 13.5. The van der Waals surface area contributed by atoms with Crippen molar-refractivity contribution in [1.82, 2.24) is 15.1 Å². The van der Waals surface area contributed by atoms with Gasteiger partial charge in [0.15, 0.2) is 0 Å². The molecule has 0 aromatic rings. The molecule has 2 unspecified atom stereocenters. The molecule has 0 aromatic heterocycles. The predicted molar refractivity (Wildman–Crippen MR) is 71.7 cm³/mol. The number of nitrogens with zero attached hydrogens (tertiary/aromatic N) is 2. The van der Waals surface area contributed by atoms with Crippen LogP contribution in [0.4, 0.5) is 0 Å². The fraction of sp³-hybridized carbons (Fsp3) is 1.00. The standard InChI is InChI=1S/C13H27N3O2/c1-18-11-12-2-5-16(8-12)10-13(17)9-15-6-3-14-4-7-15/h12-14,17H,2-11H2,1H3. The molecule has 2 rings (SSSR count). The number of β-amino-alcohol motifs (C(OH)–C–C–N with tert-alkyl or cyclic N) is 1. The highest BCUT2D eigenvalue weighted by Gasteiger charge is 2.24. The lowest BCUT2D eigenvalue weighted by atomic mass is 10.1. The van der Waals surface area contributed by atoms with Crippen molar-refractivity contribution in [3.8, 4) is 0 Å². The Labute approximate surface area is 110 Å². The van der Waals surface area contributed by atoms with Gasteiger partial charge >= 0.3 is 0 Å². The van der Waals surface area contributed by atoms with Gasteiger partial charge in [-0.1, -0.05) is 0 Å². The maximum Gasteiger partial charge on any atom is 0.0793 e. The van der Waals surface area contributed by atoms with Gasteiger partial charge in [0.1, 0.15) is 0 Å². The lowest BCUT2D eigenvalue weighted by Gasteiger charge is -2.30. The van der Waals surface area contributed by atoms with Crippen molar-refractivity contribution in [3.63, 3.8) is 0 Å². The second-order valence-corrected chi connectivity index (χ2v) is 5.57. The third kappa shape index (κ3) is 4.48. The van der Waals surface area contributed by atoms with Crippen LogP contribution in [0, 0.1) is 5.92 Å². The number of piperazine rings is 1. The van der Waals surface area contributed by atoms with Crippen molar-refractivity contribution in [2.75, 3.05) is 66.1 Å². The molecule has 2 atom stereocenters. The van der Waals surface area contributed by atoms with E-state index >= 15 is 0 Å². The summed E-state index contributed by atoms with van der Waals surface area (Å²) in [7, 11) is 1.77. The van der Waals surface area contributed by atoms with E-state index in [0.717, 1.165) is 59.0 Å². The number of rotatable bonds is 6. The molecule has 0 bridgehead atoms. The van der Waals surface area contributed by atoms with E-state index in [1.807, 2.05) is 0 Å². The first-order valence-corrected chi connectivity index (χ1v) is 7.10. The van der Waals surface area contributed by atoms with Crippen LogP contribution in [-0.4, -0.2) is 87.1 Å². The highest BCUT2D eigenvalue weighted by molar-refractivity contribution is 4.79. The Bertz CT molecular complexity index is 234. The molecule has 0 aromatic carbocycles. The number of hydrogen-bond donors (Lipinski definition) is 2. The summed E-state index contributed by atoms with van der Waals surface area (Å²) in [6.07, 6.45) is 0.984. The van der Waals surface area contributed by atoms with Gasteiger partial charge in [-0.3, -0.25) is 4.90 Å². The quantitative estimate of drug-likeness (QED) is 0.654. The largest absolute Gasteiger partial charge is 0.390 e. The van der Waals surface area contributed by atoms with Crippen molar-refractivity contribution < 1.29 is 9.84 Å². The van der Waals surface area contributed by atoms with Crippen molar-refractivity contribution in [2.24, 2.45) is 5.92 Å². The molecule has 0 radical (unpaired) electrons. The van der Waals surface area contributed by atoms with Crippen LogP contribution >= 0.6 is 0 Å². The molecule has 2 heterocycles. The zero-order valence-electron chi connectivity index (χ0n) is 11.5. The molecule has 106 valence electrons. The highest BCUT2D eigenvalue weighted by Crippen LogP contribution is 2.16. The first kappa shape index (κ1) is 14.2. The minimum Gasteiger partial charge on any atom is -0.390 e. The Hall–Kier alpha value is -0.200. The fourth-order valence-corrected chi connectivity index (χ4v) is 3.00. The smallest absolute Gasteiger partial charge is 0.0793 e. The van der Waals surface area contributed by atoms with E-state index in [0.29, 0.717) is 5.92 Å². The third-order valence-corrected chi connectivity index (χ3v) is 3.92. The Morgan fingerprint density at radius 1 is 1.22 bits per heavy atom. The van der Waals surface area contributed by atoms with Crippen LogP contribution in [0.2, 0.25) is 0 Å². The second-order valence-electron chi connectivity index (χ2n) is 5.57. The fourth-order valence-electron chi connectivity index (χ4n) is 3.00. The molecular formula is C13H27N3O2. The van der Waals surface area contributed by atoms with Crippen LogP contribution in [0.25, 0.3) is 0 Å². The first-order valence-electron chi connectivity index (χ1n) is 7.10. The van der Waals surface area contributed by atoms with Gasteiger partial charge in [-0.2, -0.15) is 0 Å². The zero-order chi connectivity index (χ0) is 12.8. The SMILES string of the molecule is COCC1CCN(CC(O)CN2CCNCC2)C1. The van der Waals surface area contributed by atoms with Crippen molar-refractivity contribution >= 4 is 0 Å². The summed E-state index contributed by atoms with van der Waals surface area (Å²) in [6.45, 7) is 8.87. The van der Waals surface area contributed by atoms with Gasteiger partial charge in [0, 0.05) is 52.9 Å². The molecule has 0 amide bonds. The summed E-state index contributed by atoms with van der Waals surface area (Å²) in [5.41, 5.74) is 0. The Balaban J connectivity index is 1.63. The molecule has 0 spiro atoms. The topological polar surface area (TPSA) is 48.0 Å². The first-order chi connectivity index (χ1) is 8.78. The van der Waals surface area contributed by atoms with Crippen LogP contribution in [0.15, 0.2) is 0 Å². The van der Waals surface area contributed by atoms with Crippen LogP contribution in [0.1, 0.15) is 6.42 Å². The summed E-state index contributed by atoms with van der Waals surface area (Å²) >= 11 is 0. The number of aliphatic hydroxyl groups is 1. The van der Waals surface area contributed by atoms with Gasteiger partial charge in [-0.15, -0.1) is 0 Å². The maximum absolute atomic E-state index is 10.1. The molecular weight excluding hydrogens is 230 g/mol. The summed E-state index contributed by atoms with van der Waals surface area (Å²) in [5.74, 6) is 0.654. The van der Waals surface area contributed by atoms with Crippen LogP contribution < -0.4 is 5.32 Å². The molecule has 2 saturated heterocycles. The number of ether oxygens (including phenoxy) is 1. The molecule has 18 heavy (non-hydrogen) atoms. The van der Waals surface area contributed by atoms with Gasteiger partial charge in [-0.05, 0) is 18.9 Å². The van der Waals surface area contributed by atoms with E-state index in [1.54, 1.807) is 7.11 Å². The summed E-state index contributed by atoms with van der Waals surface area (Å²) in [6, 6.07) is 0. The van der Waals surface area contributed by atoms with E-state index in [9.17, 15) is 5.11 Å². The minimum absolute atomic E-state index is 0.218. The van der Waals surface area contributed by atoms with Crippen molar-refractivity contribution in [3.05, 3.63) is 0 Å². The van der Waals surface area contributed by atoms with E-state index in [4.69, 9.17) is 4.74 Å². The van der Waals surface area contributed by atoms with E-state index in [2.05, 4.69) is 15.1 Å². The van der Waals surface area contributed by atoms with E-state index < -0.39 is 0 Å². The van der Waals surface area contributed by atoms with Gasteiger partial charge in [0.05, 0.1) is 12.7 Å². The Morgan fingerprint density at radius 3 is 2.67 bits per heavy atom. The molecule has 2 N–H and O–H groups in total. The maximum atomic E-state index is 10.1. The Morgan fingerprint density at radius 2 is 1.94 bits per heavy atom. The zero-order valence-corrected chi connectivity index (χ0v) is 11.5. The van der Waals surface area contributed by atoms with Crippen LogP contribution in [0.3, 0.4) is 0 Å². The number of likely N-dealkylation sites (tertiary alicyclic amines) is 1. The number of aliphatic hydroxyl groups excluding tert-OH is 1. The average molecular weight is 257 g/mol. The lowest BCUT2D eigenvalue weighted by Crippen LogP contribution is -2.48. The van der Waals surface area contributed by atoms with Crippen molar-refractivity contribution in [1.29, 1.82) is 0 Å². The summed E-state index contributed by atoms with van der Waals surface area (Å²) in [4.78, 5) is 4.72. The molecule has 5 nitrogen and oxygen atoms in total. The van der Waals surface area contributed by atoms with Gasteiger partial charge < -0.3 is 20.1 Å². The van der Waals surface area contributed by atoms with Crippen molar-refractivity contribution in [2.45, 2.75) is 12.5 Å². The highest BCUT2D eigenvalue weighted by atomic mass is 16.5. The normalized spacial score (nSPS) is 28.7. The molecule has 2 fully saturated rings. The van der Waals surface area contributed by atoms with Crippen LogP contribution in [0.5, 0.6) is 0 Å². The second kappa shape index (κ2) is 7.40. The third-order valence-electron chi connectivity index (χ3n) is 3.92. The van der Waals surface area contributed by atoms with Gasteiger partial charge in [0.2, 0.25) is 0 Å². The van der Waals surface area contributed by atoms with Crippen LogP contribution in [-0.2, 0) is 4.74 Å². The molecule has 2 aliphatic rings. The molecule has 0 saturated carbocycles. The monoisotopic (exact) mass is 257 g/mol. The van der Waals surface area contributed by atoms with E-state index in [1.165, 1.54) is 6.42 Å². The number of methoxy groups -OCH3 is 1. The van der Waals surface area contributed by atoms with Gasteiger partial charge in [-0.25, -0.2) is 0 Å². The van der Waals surface area contributed by atoms with Gasteiger partial charge in [0.25, 0.3) is 0 Å². The average Bonchev–Trinajstić information content (AvgIpc) is 2.78. The van der Waals surface area contributed by atoms with E-state index in [-0.39, 0.29) is 6.10 Å². The minimum atomic E-state index is -0.218. The molecule has 2 aliphatic heterocycles. The summed E-state index contributed by atoms with van der Waals surface area (Å²) < 4.78 is 5.20. The molecule has 0 aliphatic carbocycles. The predicted octanol–water partition coefficient (Wildman–Crippen LogP) is -0.779. The molecule has 5 heteroatoms. The lowest BCUT2D eigenvalue weighted by molar-refractivity contribution is 0.0732. The Kier molecular flexibility index (Phi) is 5.85.